The van der Waals surface area contributed by atoms with E-state index < -0.39 is 10.0 Å². The largest absolute Gasteiger partial charge is 0.360 e. The van der Waals surface area contributed by atoms with Gasteiger partial charge in [-0.05, 0) is 20.3 Å². The van der Waals surface area contributed by atoms with Gasteiger partial charge < -0.3 is 9.42 Å². The second kappa shape index (κ2) is 8.08. The molecule has 0 radical (unpaired) electrons. The Hall–Kier alpha value is -2.31. The van der Waals surface area contributed by atoms with Crippen LogP contribution in [0.15, 0.2) is 14.8 Å². The maximum Gasteiger partial charge on any atom is 0.248 e. The summed E-state index contributed by atoms with van der Waals surface area (Å²) in [5.74, 6) is 0.230. The fourth-order valence-electron chi connectivity index (χ4n) is 3.77. The van der Waals surface area contributed by atoms with Crippen molar-refractivity contribution in [1.82, 2.24) is 19.3 Å². The Morgan fingerprint density at radius 2 is 1.93 bits per heavy atom. The van der Waals surface area contributed by atoms with Gasteiger partial charge in [-0.2, -0.15) is 4.31 Å². The second-order valence-corrected chi connectivity index (χ2v) is 10.1. The third-order valence-electron chi connectivity index (χ3n) is 5.33. The van der Waals surface area contributed by atoms with Crippen LogP contribution in [-0.2, 0) is 26.0 Å². The molecule has 4 rings (SSSR count). The molecule has 0 saturated carbocycles. The number of nitrogens with zero attached hydrogens (tertiary/aromatic N) is 5. The van der Waals surface area contributed by atoms with Crippen molar-refractivity contribution < 1.29 is 22.5 Å². The minimum atomic E-state index is -3.71. The predicted octanol–water partition coefficient (Wildman–Crippen LogP) is 0.950. The van der Waals surface area contributed by atoms with Crippen LogP contribution in [0.3, 0.4) is 0 Å². The predicted molar refractivity (Wildman–Crippen MR) is 109 cm³/mol. The molecule has 2 saturated heterocycles. The molecule has 10 nitrogen and oxygen atoms in total. The first-order valence-corrected chi connectivity index (χ1v) is 12.0. The molecule has 162 valence electrons. The van der Waals surface area contributed by atoms with Gasteiger partial charge in [0.25, 0.3) is 0 Å². The highest BCUT2D eigenvalue weighted by Gasteiger charge is 2.34. The molecule has 0 spiro atoms. The van der Waals surface area contributed by atoms with Gasteiger partial charge in [0.05, 0.1) is 12.1 Å². The lowest BCUT2D eigenvalue weighted by Crippen LogP contribution is -2.51. The summed E-state index contributed by atoms with van der Waals surface area (Å²) in [5, 5.41) is 6.16. The maximum absolute atomic E-state index is 12.9. The van der Waals surface area contributed by atoms with Gasteiger partial charge in [0, 0.05) is 44.5 Å². The lowest BCUT2D eigenvalue weighted by atomic mass is 10.2. The first-order valence-electron chi connectivity index (χ1n) is 9.73. The van der Waals surface area contributed by atoms with Crippen LogP contribution in [0, 0.1) is 13.8 Å². The summed E-state index contributed by atoms with van der Waals surface area (Å²) in [7, 11) is -3.71. The minimum Gasteiger partial charge on any atom is -0.360 e. The van der Waals surface area contributed by atoms with Gasteiger partial charge in [-0.3, -0.25) is 14.5 Å². The fraction of sp³-hybridized carbons (Fsp3) is 0.556. The summed E-state index contributed by atoms with van der Waals surface area (Å²) in [6.45, 7) is 4.88. The number of amides is 2. The molecular weight excluding hydrogens is 430 g/mol. The fourth-order valence-corrected chi connectivity index (χ4v) is 6.35. The Bertz CT molecular complexity index is 1050. The van der Waals surface area contributed by atoms with Crippen LogP contribution >= 0.6 is 11.3 Å². The molecule has 2 aliphatic rings. The molecule has 2 aromatic heterocycles. The average molecular weight is 454 g/mol. The Morgan fingerprint density at radius 3 is 2.53 bits per heavy atom. The SMILES string of the molecule is Cc1noc(C)c1S(=O)(=O)N1CCN(C(=O)Cc2csc(N3CCCC3=O)n2)CC1. The molecule has 0 bridgehead atoms. The zero-order chi connectivity index (χ0) is 21.5. The van der Waals surface area contributed by atoms with Crippen LogP contribution in [0.5, 0.6) is 0 Å². The number of rotatable bonds is 5. The molecule has 2 aliphatic heterocycles. The molecule has 2 aromatic rings. The Morgan fingerprint density at radius 1 is 1.20 bits per heavy atom. The number of aryl methyl sites for hydroxylation is 2. The zero-order valence-electron chi connectivity index (χ0n) is 16.8. The van der Waals surface area contributed by atoms with Crippen LogP contribution < -0.4 is 4.90 Å². The topological polar surface area (TPSA) is 117 Å². The summed E-state index contributed by atoms with van der Waals surface area (Å²) in [6.07, 6.45) is 1.50. The van der Waals surface area contributed by atoms with Gasteiger partial charge in [0.2, 0.25) is 21.8 Å². The number of hydrogen-bond donors (Lipinski definition) is 0. The highest BCUT2D eigenvalue weighted by molar-refractivity contribution is 7.89. The zero-order valence-corrected chi connectivity index (χ0v) is 18.5. The quantitative estimate of drug-likeness (QED) is 0.662. The highest BCUT2D eigenvalue weighted by atomic mass is 32.2. The van der Waals surface area contributed by atoms with Crippen molar-refractivity contribution in [3.05, 3.63) is 22.5 Å². The normalized spacial score (nSPS) is 18.4. The van der Waals surface area contributed by atoms with Gasteiger partial charge in [0.1, 0.15) is 10.6 Å². The van der Waals surface area contributed by atoms with Crippen molar-refractivity contribution in [2.24, 2.45) is 0 Å². The number of carbonyl (C=O) groups excluding carboxylic acids is 2. The van der Waals surface area contributed by atoms with E-state index in [1.165, 1.54) is 15.6 Å². The standard InChI is InChI=1S/C18H23N5O5S2/c1-12-17(13(2)28-20-12)30(26,27)22-8-6-21(7-9-22)16(25)10-14-11-29-18(19-14)23-5-3-4-15(23)24/h11H,3-10H2,1-2H3. The molecule has 2 amide bonds. The Kier molecular flexibility index (Phi) is 5.64. The highest BCUT2D eigenvalue weighted by Crippen LogP contribution is 2.26. The molecule has 4 heterocycles. The van der Waals surface area contributed by atoms with Crippen LogP contribution in [-0.4, -0.2) is 72.3 Å². The van der Waals surface area contributed by atoms with Crippen LogP contribution in [0.1, 0.15) is 30.0 Å². The number of sulfonamides is 1. The molecular formula is C18H23N5O5S2. The maximum atomic E-state index is 12.9. The van der Waals surface area contributed by atoms with Crippen molar-refractivity contribution in [2.75, 3.05) is 37.6 Å². The molecule has 30 heavy (non-hydrogen) atoms. The second-order valence-electron chi connectivity index (χ2n) is 7.39. The van der Waals surface area contributed by atoms with E-state index in [2.05, 4.69) is 10.1 Å². The molecule has 0 aliphatic carbocycles. The van der Waals surface area contributed by atoms with Gasteiger partial charge in [-0.25, -0.2) is 13.4 Å². The molecule has 12 heteroatoms. The van der Waals surface area contributed by atoms with Gasteiger partial charge in [-0.15, -0.1) is 11.3 Å². The van der Waals surface area contributed by atoms with E-state index in [1.807, 2.05) is 0 Å². The van der Waals surface area contributed by atoms with Crippen LogP contribution in [0.4, 0.5) is 5.13 Å². The average Bonchev–Trinajstić information content (AvgIpc) is 3.42. The number of hydrogen-bond acceptors (Lipinski definition) is 8. The summed E-state index contributed by atoms with van der Waals surface area (Å²) >= 11 is 1.36. The number of piperazine rings is 1. The van der Waals surface area contributed by atoms with Gasteiger partial charge in [0.15, 0.2) is 10.9 Å². The number of carbonyl (C=O) groups is 2. The van der Waals surface area contributed by atoms with E-state index in [9.17, 15) is 18.0 Å². The molecule has 0 atom stereocenters. The van der Waals surface area contributed by atoms with Crippen molar-refractivity contribution in [3.8, 4) is 0 Å². The molecule has 0 unspecified atom stereocenters. The summed E-state index contributed by atoms with van der Waals surface area (Å²) in [5.41, 5.74) is 0.965. The van der Waals surface area contributed by atoms with Crippen molar-refractivity contribution >= 4 is 38.3 Å². The third-order valence-corrected chi connectivity index (χ3v) is 8.39. The smallest absolute Gasteiger partial charge is 0.248 e. The van der Waals surface area contributed by atoms with E-state index in [4.69, 9.17) is 4.52 Å². The van der Waals surface area contributed by atoms with Crippen molar-refractivity contribution in [3.63, 3.8) is 0 Å². The van der Waals surface area contributed by atoms with E-state index in [-0.39, 0.29) is 42.0 Å². The summed E-state index contributed by atoms with van der Waals surface area (Å²) < 4.78 is 32.1. The van der Waals surface area contributed by atoms with Crippen molar-refractivity contribution in [2.45, 2.75) is 38.0 Å². The van der Waals surface area contributed by atoms with E-state index in [1.54, 1.807) is 29.0 Å². The summed E-state index contributed by atoms with van der Waals surface area (Å²) in [4.78, 5) is 32.4. The van der Waals surface area contributed by atoms with Crippen LogP contribution in [0.2, 0.25) is 0 Å². The Labute approximate surface area is 178 Å². The minimum absolute atomic E-state index is 0.0675. The van der Waals surface area contributed by atoms with E-state index in [0.29, 0.717) is 42.6 Å². The number of anilines is 1. The number of thiazole rings is 1. The first-order chi connectivity index (χ1) is 14.3. The summed E-state index contributed by atoms with van der Waals surface area (Å²) in [6, 6.07) is 0. The van der Waals surface area contributed by atoms with E-state index in [0.717, 1.165) is 6.42 Å². The lowest BCUT2D eigenvalue weighted by molar-refractivity contribution is -0.131. The number of aromatic nitrogens is 2. The van der Waals surface area contributed by atoms with Crippen molar-refractivity contribution in [1.29, 1.82) is 0 Å². The lowest BCUT2D eigenvalue weighted by Gasteiger charge is -2.33. The van der Waals surface area contributed by atoms with Gasteiger partial charge >= 0.3 is 0 Å². The molecule has 0 N–H and O–H groups in total. The van der Waals surface area contributed by atoms with E-state index >= 15 is 0 Å². The first kappa shape index (κ1) is 20.9. The van der Waals surface area contributed by atoms with Crippen LogP contribution in [0.25, 0.3) is 0 Å². The van der Waals surface area contributed by atoms with Gasteiger partial charge in [-0.1, -0.05) is 5.16 Å². The third kappa shape index (κ3) is 3.86. The Balaban J connectivity index is 1.36. The monoisotopic (exact) mass is 453 g/mol. The molecule has 2 fully saturated rings. The molecule has 0 aromatic carbocycles.